The largest absolute Gasteiger partial charge is 0.480 e. The molecule has 0 aromatic rings. The van der Waals surface area contributed by atoms with Crippen molar-refractivity contribution in [2.24, 2.45) is 17.3 Å². The predicted octanol–water partition coefficient (Wildman–Crippen LogP) is 2.22. The fraction of sp³-hybridized carbons (Fsp3) is 0.857. The molecule has 2 amide bonds. The molecule has 19 heavy (non-hydrogen) atoms. The first-order valence-electron chi connectivity index (χ1n) is 6.92. The Morgan fingerprint density at radius 2 is 1.79 bits per heavy atom. The van der Waals surface area contributed by atoms with E-state index in [0.29, 0.717) is 11.8 Å². The molecular formula is C14H26N2O3. The molecule has 0 radical (unpaired) electrons. The third kappa shape index (κ3) is 4.11. The Morgan fingerprint density at radius 1 is 1.21 bits per heavy atom. The van der Waals surface area contributed by atoms with Gasteiger partial charge in [-0.2, -0.15) is 0 Å². The second-order valence-corrected chi connectivity index (χ2v) is 6.78. The molecule has 1 aliphatic rings. The first-order chi connectivity index (χ1) is 8.62. The van der Waals surface area contributed by atoms with Gasteiger partial charge in [-0.1, -0.05) is 34.6 Å². The SMILES string of the molecule is CC1CCC(NC(=O)N[C@@H](C(=O)O)C(C)(C)C)C1C. The lowest BCUT2D eigenvalue weighted by Crippen LogP contribution is -2.54. The number of aliphatic carboxylic acids is 1. The van der Waals surface area contributed by atoms with E-state index in [2.05, 4.69) is 24.5 Å². The summed E-state index contributed by atoms with van der Waals surface area (Å²) in [6.45, 7) is 9.70. The van der Waals surface area contributed by atoms with E-state index >= 15 is 0 Å². The van der Waals surface area contributed by atoms with Crippen molar-refractivity contribution in [3.05, 3.63) is 0 Å². The molecule has 3 unspecified atom stereocenters. The van der Waals surface area contributed by atoms with Crippen molar-refractivity contribution >= 4 is 12.0 Å². The Morgan fingerprint density at radius 3 is 2.16 bits per heavy atom. The van der Waals surface area contributed by atoms with Crippen molar-refractivity contribution in [3.63, 3.8) is 0 Å². The van der Waals surface area contributed by atoms with Crippen molar-refractivity contribution < 1.29 is 14.7 Å². The average Bonchev–Trinajstić information content (AvgIpc) is 2.56. The van der Waals surface area contributed by atoms with E-state index in [9.17, 15) is 14.7 Å². The van der Waals surface area contributed by atoms with Crippen LogP contribution in [0.3, 0.4) is 0 Å². The van der Waals surface area contributed by atoms with E-state index in [0.717, 1.165) is 12.8 Å². The molecular weight excluding hydrogens is 244 g/mol. The van der Waals surface area contributed by atoms with Crippen LogP contribution in [0.4, 0.5) is 4.79 Å². The summed E-state index contributed by atoms with van der Waals surface area (Å²) in [7, 11) is 0. The molecule has 0 saturated heterocycles. The van der Waals surface area contributed by atoms with Crippen molar-refractivity contribution in [3.8, 4) is 0 Å². The number of carboxylic acids is 1. The van der Waals surface area contributed by atoms with Crippen molar-refractivity contribution in [2.75, 3.05) is 0 Å². The van der Waals surface area contributed by atoms with Gasteiger partial charge in [0.25, 0.3) is 0 Å². The summed E-state index contributed by atoms with van der Waals surface area (Å²) < 4.78 is 0. The standard InChI is InChI=1S/C14H26N2O3/c1-8-6-7-10(9(8)2)15-13(19)16-11(12(17)18)14(3,4)5/h8-11H,6-7H2,1-5H3,(H,17,18)(H2,15,16,19)/t8?,9?,10?,11-/m0/s1. The van der Waals surface area contributed by atoms with Gasteiger partial charge >= 0.3 is 12.0 Å². The predicted molar refractivity (Wildman–Crippen MR) is 73.9 cm³/mol. The lowest BCUT2D eigenvalue weighted by atomic mass is 9.87. The van der Waals surface area contributed by atoms with Crippen LogP contribution in [0, 0.1) is 17.3 Å². The van der Waals surface area contributed by atoms with Crippen molar-refractivity contribution in [2.45, 2.75) is 59.5 Å². The first kappa shape index (κ1) is 15.8. The van der Waals surface area contributed by atoms with Crippen LogP contribution in [0.2, 0.25) is 0 Å². The number of carboxylic acid groups (broad SMARTS) is 1. The van der Waals surface area contributed by atoms with Crippen LogP contribution >= 0.6 is 0 Å². The number of urea groups is 1. The number of hydrogen-bond acceptors (Lipinski definition) is 2. The fourth-order valence-electron chi connectivity index (χ4n) is 2.56. The molecule has 5 nitrogen and oxygen atoms in total. The Kier molecular flexibility index (Phi) is 4.82. The summed E-state index contributed by atoms with van der Waals surface area (Å²) in [4.78, 5) is 23.1. The third-order valence-corrected chi connectivity index (χ3v) is 4.17. The van der Waals surface area contributed by atoms with Gasteiger partial charge in [-0.25, -0.2) is 9.59 Å². The van der Waals surface area contributed by atoms with Crippen molar-refractivity contribution in [1.29, 1.82) is 0 Å². The second-order valence-electron chi connectivity index (χ2n) is 6.78. The number of rotatable bonds is 3. The Labute approximate surface area is 115 Å². The van der Waals surface area contributed by atoms with Gasteiger partial charge in [0.2, 0.25) is 0 Å². The second kappa shape index (κ2) is 5.80. The summed E-state index contributed by atoms with van der Waals surface area (Å²) in [5.74, 6) is 0.0299. The Balaban J connectivity index is 2.57. The summed E-state index contributed by atoms with van der Waals surface area (Å²) in [5.41, 5.74) is -0.516. The quantitative estimate of drug-likeness (QED) is 0.735. The van der Waals surface area contributed by atoms with E-state index < -0.39 is 17.4 Å². The monoisotopic (exact) mass is 270 g/mol. The molecule has 110 valence electrons. The van der Waals surface area contributed by atoms with Gasteiger partial charge in [0.05, 0.1) is 0 Å². The van der Waals surface area contributed by atoms with E-state index in [1.54, 1.807) is 20.8 Å². The third-order valence-electron chi connectivity index (χ3n) is 4.17. The summed E-state index contributed by atoms with van der Waals surface area (Å²) in [6.07, 6.45) is 2.07. The lowest BCUT2D eigenvalue weighted by Gasteiger charge is -2.29. The van der Waals surface area contributed by atoms with Crippen LogP contribution in [0.15, 0.2) is 0 Å². The number of carbonyl (C=O) groups excluding carboxylic acids is 1. The summed E-state index contributed by atoms with van der Waals surface area (Å²) in [5, 5.41) is 14.6. The highest BCUT2D eigenvalue weighted by Crippen LogP contribution is 2.31. The van der Waals surface area contributed by atoms with Crippen LogP contribution in [-0.2, 0) is 4.79 Å². The lowest BCUT2D eigenvalue weighted by molar-refractivity contribution is -0.141. The van der Waals surface area contributed by atoms with Gasteiger partial charge in [0.15, 0.2) is 0 Å². The van der Waals surface area contributed by atoms with Gasteiger partial charge in [0.1, 0.15) is 6.04 Å². The van der Waals surface area contributed by atoms with Gasteiger partial charge in [-0.05, 0) is 30.1 Å². The smallest absolute Gasteiger partial charge is 0.326 e. The number of hydrogen-bond donors (Lipinski definition) is 3. The minimum Gasteiger partial charge on any atom is -0.480 e. The molecule has 0 spiro atoms. The molecule has 0 aliphatic heterocycles. The zero-order chi connectivity index (χ0) is 14.8. The van der Waals surface area contributed by atoms with Crippen LogP contribution in [0.5, 0.6) is 0 Å². The Bertz CT molecular complexity index is 349. The molecule has 4 atom stereocenters. The average molecular weight is 270 g/mol. The maximum absolute atomic E-state index is 11.9. The molecule has 1 aliphatic carbocycles. The molecule has 0 bridgehead atoms. The van der Waals surface area contributed by atoms with E-state index in [1.807, 2.05) is 0 Å². The maximum atomic E-state index is 11.9. The van der Waals surface area contributed by atoms with Gasteiger partial charge in [-0.3, -0.25) is 0 Å². The molecule has 0 aromatic carbocycles. The normalized spacial score (nSPS) is 28.8. The molecule has 1 rings (SSSR count). The van der Waals surface area contributed by atoms with Crippen molar-refractivity contribution in [1.82, 2.24) is 10.6 Å². The Hall–Kier alpha value is -1.26. The molecule has 1 fully saturated rings. The molecule has 0 aromatic heterocycles. The highest BCUT2D eigenvalue weighted by molar-refractivity contribution is 5.83. The number of carbonyl (C=O) groups is 2. The van der Waals surface area contributed by atoms with Crippen LogP contribution in [0.25, 0.3) is 0 Å². The van der Waals surface area contributed by atoms with E-state index in [-0.39, 0.29) is 12.1 Å². The minimum absolute atomic E-state index is 0.143. The number of nitrogens with one attached hydrogen (secondary N) is 2. The topological polar surface area (TPSA) is 78.4 Å². The molecule has 1 saturated carbocycles. The van der Waals surface area contributed by atoms with Gasteiger partial charge in [-0.15, -0.1) is 0 Å². The zero-order valence-corrected chi connectivity index (χ0v) is 12.5. The zero-order valence-electron chi connectivity index (χ0n) is 12.5. The van der Waals surface area contributed by atoms with Gasteiger partial charge in [0, 0.05) is 6.04 Å². The molecule has 5 heteroatoms. The van der Waals surface area contributed by atoms with Crippen LogP contribution < -0.4 is 10.6 Å². The highest BCUT2D eigenvalue weighted by Gasteiger charge is 2.35. The molecule has 0 heterocycles. The van der Waals surface area contributed by atoms with E-state index in [4.69, 9.17) is 0 Å². The molecule has 3 N–H and O–H groups in total. The maximum Gasteiger partial charge on any atom is 0.326 e. The van der Waals surface area contributed by atoms with Gasteiger partial charge < -0.3 is 15.7 Å². The first-order valence-corrected chi connectivity index (χ1v) is 6.92. The summed E-state index contributed by atoms with van der Waals surface area (Å²) >= 11 is 0. The van der Waals surface area contributed by atoms with Crippen LogP contribution in [-0.4, -0.2) is 29.2 Å². The fourth-order valence-corrected chi connectivity index (χ4v) is 2.56. The number of amides is 2. The van der Waals surface area contributed by atoms with E-state index in [1.165, 1.54) is 0 Å². The highest BCUT2D eigenvalue weighted by atomic mass is 16.4. The van der Waals surface area contributed by atoms with Crippen LogP contribution in [0.1, 0.15) is 47.5 Å². The summed E-state index contributed by atoms with van der Waals surface area (Å²) in [6, 6.07) is -1.13. The minimum atomic E-state index is -1.00.